The molecule has 5 nitrogen and oxygen atoms in total. The summed E-state index contributed by atoms with van der Waals surface area (Å²) in [5.41, 5.74) is 0.814. The minimum Gasteiger partial charge on any atom is -0.480 e. The molecule has 1 N–H and O–H groups in total. The standard InChI is InChI=1S/C9H12N2O3S/c12-9(13)5-14-4-7-3-11-1-2-15-6-8(11)10-7/h3H,1-2,4-6H2,(H,12,13). The molecule has 2 heterocycles. The molecule has 2 rings (SSSR count). The Balaban J connectivity index is 1.92. The molecule has 0 aromatic carbocycles. The summed E-state index contributed by atoms with van der Waals surface area (Å²) < 4.78 is 7.08. The number of aliphatic carboxylic acids is 1. The number of nitrogens with zero attached hydrogens (tertiary/aromatic N) is 2. The molecule has 0 spiro atoms. The van der Waals surface area contributed by atoms with Crippen molar-refractivity contribution in [2.24, 2.45) is 0 Å². The molecule has 82 valence electrons. The number of carbonyl (C=O) groups is 1. The van der Waals surface area contributed by atoms with E-state index in [2.05, 4.69) is 9.55 Å². The molecule has 0 bridgehead atoms. The molecule has 0 radical (unpaired) electrons. The summed E-state index contributed by atoms with van der Waals surface area (Å²) in [6.45, 7) is 0.986. The highest BCUT2D eigenvalue weighted by atomic mass is 32.2. The Morgan fingerprint density at radius 3 is 3.33 bits per heavy atom. The number of aromatic nitrogens is 2. The van der Waals surface area contributed by atoms with E-state index >= 15 is 0 Å². The number of imidazole rings is 1. The molecule has 1 aromatic rings. The first-order valence-corrected chi connectivity index (χ1v) is 5.83. The van der Waals surface area contributed by atoms with E-state index in [0.29, 0.717) is 0 Å². The van der Waals surface area contributed by atoms with Crippen molar-refractivity contribution in [1.82, 2.24) is 9.55 Å². The first-order valence-electron chi connectivity index (χ1n) is 4.68. The van der Waals surface area contributed by atoms with Crippen LogP contribution in [0.3, 0.4) is 0 Å². The number of thioether (sulfide) groups is 1. The lowest BCUT2D eigenvalue weighted by molar-refractivity contribution is -0.142. The van der Waals surface area contributed by atoms with Crippen molar-refractivity contribution < 1.29 is 14.6 Å². The van der Waals surface area contributed by atoms with Gasteiger partial charge in [-0.15, -0.1) is 0 Å². The maximum absolute atomic E-state index is 10.2. The van der Waals surface area contributed by atoms with Crippen molar-refractivity contribution in [1.29, 1.82) is 0 Å². The summed E-state index contributed by atoms with van der Waals surface area (Å²) in [4.78, 5) is 14.6. The van der Waals surface area contributed by atoms with Crippen molar-refractivity contribution in [3.05, 3.63) is 17.7 Å². The zero-order valence-electron chi connectivity index (χ0n) is 8.18. The number of hydrogen-bond acceptors (Lipinski definition) is 4. The Bertz CT molecular complexity index is 341. The van der Waals surface area contributed by atoms with Gasteiger partial charge in [0.1, 0.15) is 12.4 Å². The van der Waals surface area contributed by atoms with Gasteiger partial charge < -0.3 is 14.4 Å². The first kappa shape index (κ1) is 10.5. The molecule has 15 heavy (non-hydrogen) atoms. The number of fused-ring (bicyclic) bond motifs is 1. The minimum absolute atomic E-state index is 0.267. The van der Waals surface area contributed by atoms with Crippen LogP contribution < -0.4 is 0 Å². The highest BCUT2D eigenvalue weighted by molar-refractivity contribution is 7.98. The lowest BCUT2D eigenvalue weighted by Gasteiger charge is -2.11. The third kappa shape index (κ3) is 2.73. The lowest BCUT2D eigenvalue weighted by atomic mass is 10.5. The van der Waals surface area contributed by atoms with Crippen LogP contribution in [-0.2, 0) is 28.4 Å². The fraction of sp³-hybridized carbons (Fsp3) is 0.556. The summed E-state index contributed by atoms with van der Waals surface area (Å²) in [5, 5.41) is 8.40. The Morgan fingerprint density at radius 1 is 1.73 bits per heavy atom. The largest absolute Gasteiger partial charge is 0.480 e. The van der Waals surface area contributed by atoms with Crippen LogP contribution in [0.25, 0.3) is 0 Å². The highest BCUT2D eigenvalue weighted by Gasteiger charge is 2.12. The molecule has 0 saturated heterocycles. The van der Waals surface area contributed by atoms with Crippen LogP contribution in [0.4, 0.5) is 0 Å². The van der Waals surface area contributed by atoms with Gasteiger partial charge in [0, 0.05) is 18.5 Å². The van der Waals surface area contributed by atoms with E-state index in [4.69, 9.17) is 9.84 Å². The van der Waals surface area contributed by atoms with Crippen LogP contribution in [0.15, 0.2) is 6.20 Å². The fourth-order valence-electron chi connectivity index (χ4n) is 1.46. The zero-order chi connectivity index (χ0) is 10.7. The summed E-state index contributed by atoms with van der Waals surface area (Å²) in [5.74, 6) is 2.15. The second-order valence-corrected chi connectivity index (χ2v) is 4.39. The van der Waals surface area contributed by atoms with E-state index < -0.39 is 5.97 Å². The van der Waals surface area contributed by atoms with E-state index in [0.717, 1.165) is 29.6 Å². The maximum Gasteiger partial charge on any atom is 0.329 e. The van der Waals surface area contributed by atoms with Gasteiger partial charge in [-0.2, -0.15) is 11.8 Å². The molecule has 0 amide bonds. The summed E-state index contributed by atoms with van der Waals surface area (Å²) >= 11 is 1.86. The molecule has 1 aromatic heterocycles. The van der Waals surface area contributed by atoms with Gasteiger partial charge in [0.25, 0.3) is 0 Å². The smallest absolute Gasteiger partial charge is 0.329 e. The number of rotatable bonds is 4. The topological polar surface area (TPSA) is 64.3 Å². The first-order chi connectivity index (χ1) is 7.25. The summed E-state index contributed by atoms with van der Waals surface area (Å²) in [7, 11) is 0. The average Bonchev–Trinajstić information content (AvgIpc) is 2.59. The van der Waals surface area contributed by atoms with E-state index in [1.54, 1.807) is 0 Å². The van der Waals surface area contributed by atoms with Crippen LogP contribution in [0.5, 0.6) is 0 Å². The Kier molecular flexibility index (Phi) is 3.27. The number of aryl methyl sites for hydroxylation is 1. The third-order valence-corrected chi connectivity index (χ3v) is 3.03. The molecule has 0 fully saturated rings. The van der Waals surface area contributed by atoms with Crippen LogP contribution in [0.1, 0.15) is 11.5 Å². The van der Waals surface area contributed by atoms with Crippen molar-refractivity contribution >= 4 is 17.7 Å². The molecular formula is C9H12N2O3S. The molecule has 1 aliphatic heterocycles. The highest BCUT2D eigenvalue weighted by Crippen LogP contribution is 2.18. The van der Waals surface area contributed by atoms with Gasteiger partial charge >= 0.3 is 5.97 Å². The molecule has 0 saturated carbocycles. The molecule has 0 aliphatic carbocycles. The van der Waals surface area contributed by atoms with Gasteiger partial charge in [-0.1, -0.05) is 0 Å². The van der Waals surface area contributed by atoms with Gasteiger partial charge in [-0.05, 0) is 0 Å². The monoisotopic (exact) mass is 228 g/mol. The van der Waals surface area contributed by atoms with Crippen molar-refractivity contribution in [2.45, 2.75) is 18.9 Å². The maximum atomic E-state index is 10.2. The van der Waals surface area contributed by atoms with Crippen LogP contribution in [0, 0.1) is 0 Å². The van der Waals surface area contributed by atoms with E-state index in [1.807, 2.05) is 18.0 Å². The Hall–Kier alpha value is -1.01. The third-order valence-electron chi connectivity index (χ3n) is 2.09. The SMILES string of the molecule is O=C(O)COCc1cn2c(n1)CSCC2. The quantitative estimate of drug-likeness (QED) is 0.823. The predicted molar refractivity (Wildman–Crippen MR) is 55.7 cm³/mol. The van der Waals surface area contributed by atoms with Crippen molar-refractivity contribution in [3.63, 3.8) is 0 Å². The molecule has 0 unspecified atom stereocenters. The van der Waals surface area contributed by atoms with Crippen molar-refractivity contribution in [3.8, 4) is 0 Å². The van der Waals surface area contributed by atoms with E-state index in [-0.39, 0.29) is 13.2 Å². The van der Waals surface area contributed by atoms with Gasteiger partial charge in [0.2, 0.25) is 0 Å². The number of ether oxygens (including phenoxy) is 1. The second kappa shape index (κ2) is 4.67. The van der Waals surface area contributed by atoms with Gasteiger partial charge in [0.15, 0.2) is 0 Å². The number of carboxylic acids is 1. The zero-order valence-corrected chi connectivity index (χ0v) is 9.00. The van der Waals surface area contributed by atoms with Gasteiger partial charge in [-0.25, -0.2) is 9.78 Å². The Morgan fingerprint density at radius 2 is 2.60 bits per heavy atom. The second-order valence-electron chi connectivity index (χ2n) is 3.28. The van der Waals surface area contributed by atoms with Crippen molar-refractivity contribution in [2.75, 3.05) is 12.4 Å². The normalized spacial score (nSPS) is 14.9. The summed E-state index contributed by atoms with van der Waals surface area (Å²) in [6, 6.07) is 0. The number of carboxylic acid groups (broad SMARTS) is 1. The van der Waals surface area contributed by atoms with E-state index in [9.17, 15) is 4.79 Å². The molecule has 6 heteroatoms. The average molecular weight is 228 g/mol. The number of hydrogen-bond donors (Lipinski definition) is 1. The molecule has 0 atom stereocenters. The lowest BCUT2D eigenvalue weighted by Crippen LogP contribution is -2.09. The Labute approximate surface area is 91.4 Å². The molecular weight excluding hydrogens is 216 g/mol. The van der Waals surface area contributed by atoms with Gasteiger partial charge in [0.05, 0.1) is 18.1 Å². The fourth-order valence-corrected chi connectivity index (χ4v) is 2.34. The van der Waals surface area contributed by atoms with Crippen LogP contribution >= 0.6 is 11.8 Å². The predicted octanol–water partition coefficient (Wildman–Crippen LogP) is 0.731. The van der Waals surface area contributed by atoms with Gasteiger partial charge in [-0.3, -0.25) is 0 Å². The van der Waals surface area contributed by atoms with E-state index in [1.165, 1.54) is 0 Å². The minimum atomic E-state index is -0.950. The van der Waals surface area contributed by atoms with Crippen LogP contribution in [-0.4, -0.2) is 33.0 Å². The van der Waals surface area contributed by atoms with Crippen LogP contribution in [0.2, 0.25) is 0 Å². The molecule has 1 aliphatic rings. The summed E-state index contributed by atoms with van der Waals surface area (Å²) in [6.07, 6.45) is 1.94.